The van der Waals surface area contributed by atoms with Crippen LogP contribution in [0.4, 0.5) is 0 Å². The Hall–Kier alpha value is -2.61. The van der Waals surface area contributed by atoms with Gasteiger partial charge in [0.05, 0.1) is 4.70 Å². The normalized spacial score (nSPS) is 10.8. The topological polar surface area (TPSA) is 65.7 Å². The van der Waals surface area contributed by atoms with Crippen LogP contribution in [0.15, 0.2) is 74.3 Å². The molecule has 0 fully saturated rings. The van der Waals surface area contributed by atoms with Gasteiger partial charge in [-0.15, -0.1) is 0 Å². The summed E-state index contributed by atoms with van der Waals surface area (Å²) in [6.45, 7) is -0.277. The third kappa shape index (κ3) is 4.53. The number of benzene rings is 3. The van der Waals surface area contributed by atoms with Crippen LogP contribution in [0.2, 0.25) is 5.02 Å². The number of ether oxygens (including phenoxy) is 2. The standard InChI is InChI=1S/C21H12BrClO5S/c22-13-3-1-12(2-4-13)19-16(9-10-17-20(19)29-21(25)28-17)27-18(24)11-26-15-7-5-14(23)6-8-15/h1-10H,11H2. The van der Waals surface area contributed by atoms with Crippen molar-refractivity contribution in [3.63, 3.8) is 0 Å². The summed E-state index contributed by atoms with van der Waals surface area (Å²) in [6, 6.07) is 17.3. The number of rotatable bonds is 5. The van der Waals surface area contributed by atoms with E-state index in [4.69, 9.17) is 25.5 Å². The van der Waals surface area contributed by atoms with E-state index in [9.17, 15) is 9.59 Å². The van der Waals surface area contributed by atoms with Gasteiger partial charge in [-0.3, -0.25) is 0 Å². The van der Waals surface area contributed by atoms with Crippen LogP contribution in [0.25, 0.3) is 21.4 Å². The maximum absolute atomic E-state index is 12.4. The second kappa shape index (κ2) is 8.41. The quantitative estimate of drug-likeness (QED) is 0.256. The van der Waals surface area contributed by atoms with Crippen LogP contribution in [0.1, 0.15) is 0 Å². The fraction of sp³-hybridized carbons (Fsp3) is 0.0476. The van der Waals surface area contributed by atoms with Crippen molar-refractivity contribution < 1.29 is 18.7 Å². The Bertz CT molecular complexity index is 1230. The van der Waals surface area contributed by atoms with Gasteiger partial charge in [-0.25, -0.2) is 9.59 Å². The van der Waals surface area contributed by atoms with Crippen molar-refractivity contribution in [1.29, 1.82) is 0 Å². The Labute approximate surface area is 182 Å². The van der Waals surface area contributed by atoms with Crippen LogP contribution in [-0.4, -0.2) is 12.6 Å². The molecule has 1 heterocycles. The highest BCUT2D eigenvalue weighted by atomic mass is 79.9. The van der Waals surface area contributed by atoms with Gasteiger partial charge >= 0.3 is 10.9 Å². The SMILES string of the molecule is O=C(COc1ccc(Cl)cc1)Oc1ccc2oc(=O)sc2c1-c1ccc(Br)cc1. The van der Waals surface area contributed by atoms with Crippen LogP contribution in [0, 0.1) is 0 Å². The third-order valence-corrected chi connectivity index (χ3v) is 5.63. The van der Waals surface area contributed by atoms with Gasteiger partial charge in [-0.05, 0) is 54.1 Å². The lowest BCUT2D eigenvalue weighted by Gasteiger charge is -2.12. The summed E-state index contributed by atoms with van der Waals surface area (Å²) in [4.78, 5) is 23.7. The Morgan fingerprint density at radius 1 is 1.03 bits per heavy atom. The van der Waals surface area contributed by atoms with E-state index in [0.717, 1.165) is 21.4 Å². The van der Waals surface area contributed by atoms with E-state index in [1.165, 1.54) is 0 Å². The first-order valence-electron chi connectivity index (χ1n) is 8.41. The minimum absolute atomic E-state index is 0.277. The summed E-state index contributed by atoms with van der Waals surface area (Å²) in [7, 11) is 0. The molecular formula is C21H12BrClO5S. The van der Waals surface area contributed by atoms with E-state index in [0.29, 0.717) is 32.4 Å². The van der Waals surface area contributed by atoms with Crippen LogP contribution < -0.4 is 14.4 Å². The molecule has 0 aliphatic carbocycles. The second-order valence-electron chi connectivity index (χ2n) is 5.94. The highest BCUT2D eigenvalue weighted by molar-refractivity contribution is 9.10. The molecule has 4 aromatic rings. The molecule has 1 aromatic heterocycles. The van der Waals surface area contributed by atoms with Gasteiger partial charge in [0, 0.05) is 15.1 Å². The van der Waals surface area contributed by atoms with E-state index in [1.807, 2.05) is 24.3 Å². The van der Waals surface area contributed by atoms with Crippen LogP contribution >= 0.6 is 38.9 Å². The van der Waals surface area contributed by atoms with Gasteiger partial charge in [0.25, 0.3) is 0 Å². The first-order chi connectivity index (χ1) is 14.0. The minimum Gasteiger partial charge on any atom is -0.482 e. The van der Waals surface area contributed by atoms with Crippen molar-refractivity contribution in [3.05, 3.63) is 79.9 Å². The van der Waals surface area contributed by atoms with Crippen LogP contribution in [0.3, 0.4) is 0 Å². The lowest BCUT2D eigenvalue weighted by atomic mass is 10.0. The number of esters is 1. The first kappa shape index (κ1) is 19.7. The smallest absolute Gasteiger partial charge is 0.396 e. The zero-order valence-electron chi connectivity index (χ0n) is 14.7. The molecule has 146 valence electrons. The molecule has 0 saturated heterocycles. The molecule has 4 rings (SSSR count). The number of carbonyl (C=O) groups excluding carboxylic acids is 1. The highest BCUT2D eigenvalue weighted by Crippen LogP contribution is 2.39. The average Bonchev–Trinajstić information content (AvgIpc) is 3.08. The van der Waals surface area contributed by atoms with Crippen molar-refractivity contribution in [2.45, 2.75) is 0 Å². The van der Waals surface area contributed by atoms with Gasteiger partial charge in [-0.1, -0.05) is 51.0 Å². The van der Waals surface area contributed by atoms with Gasteiger partial charge in [0.15, 0.2) is 6.61 Å². The lowest BCUT2D eigenvalue weighted by Crippen LogP contribution is -2.18. The summed E-state index contributed by atoms with van der Waals surface area (Å²) >= 11 is 10.2. The van der Waals surface area contributed by atoms with Crippen molar-refractivity contribution in [1.82, 2.24) is 0 Å². The minimum atomic E-state index is -0.575. The fourth-order valence-corrected chi connectivity index (χ4v) is 3.94. The largest absolute Gasteiger partial charge is 0.482 e. The van der Waals surface area contributed by atoms with Crippen LogP contribution in [-0.2, 0) is 4.79 Å². The molecule has 0 saturated carbocycles. The van der Waals surface area contributed by atoms with Gasteiger partial charge in [-0.2, -0.15) is 0 Å². The van der Waals surface area contributed by atoms with Crippen LogP contribution in [0.5, 0.6) is 11.5 Å². The van der Waals surface area contributed by atoms with Crippen molar-refractivity contribution >= 4 is 55.1 Å². The lowest BCUT2D eigenvalue weighted by molar-refractivity contribution is -0.136. The fourth-order valence-electron chi connectivity index (χ4n) is 2.72. The molecule has 0 atom stereocenters. The molecule has 0 bridgehead atoms. The molecule has 0 amide bonds. The van der Waals surface area contributed by atoms with Crippen molar-refractivity contribution in [3.8, 4) is 22.6 Å². The zero-order chi connectivity index (χ0) is 20.4. The third-order valence-electron chi connectivity index (χ3n) is 3.99. The monoisotopic (exact) mass is 490 g/mol. The maximum atomic E-state index is 12.4. The first-order valence-corrected chi connectivity index (χ1v) is 10.4. The number of hydrogen-bond donors (Lipinski definition) is 0. The molecule has 3 aromatic carbocycles. The summed E-state index contributed by atoms with van der Waals surface area (Å²) in [6.07, 6.45) is 0. The highest BCUT2D eigenvalue weighted by Gasteiger charge is 2.18. The Kier molecular flexibility index (Phi) is 5.71. The summed E-state index contributed by atoms with van der Waals surface area (Å²) in [5.41, 5.74) is 1.85. The van der Waals surface area contributed by atoms with Gasteiger partial charge in [0.2, 0.25) is 0 Å². The molecule has 0 spiro atoms. The summed E-state index contributed by atoms with van der Waals surface area (Å²) in [5, 5.41) is 0.575. The Balaban J connectivity index is 1.63. The predicted molar refractivity (Wildman–Crippen MR) is 116 cm³/mol. The average molecular weight is 492 g/mol. The van der Waals surface area contributed by atoms with E-state index < -0.39 is 10.9 Å². The number of halogens is 2. The molecule has 0 unspecified atom stereocenters. The number of fused-ring (bicyclic) bond motifs is 1. The van der Waals surface area contributed by atoms with E-state index in [2.05, 4.69) is 15.9 Å². The van der Waals surface area contributed by atoms with Gasteiger partial charge in [0.1, 0.15) is 17.1 Å². The molecule has 5 nitrogen and oxygen atoms in total. The van der Waals surface area contributed by atoms with Gasteiger partial charge < -0.3 is 13.9 Å². The van der Waals surface area contributed by atoms with E-state index >= 15 is 0 Å². The molecule has 0 aliphatic heterocycles. The molecule has 0 radical (unpaired) electrons. The second-order valence-corrected chi connectivity index (χ2v) is 8.24. The van der Waals surface area contributed by atoms with Crippen molar-refractivity contribution in [2.24, 2.45) is 0 Å². The van der Waals surface area contributed by atoms with E-state index in [1.54, 1.807) is 36.4 Å². The number of hydrogen-bond acceptors (Lipinski definition) is 6. The molecular weight excluding hydrogens is 480 g/mol. The molecule has 0 aliphatic rings. The molecule has 0 N–H and O–H groups in total. The predicted octanol–water partition coefficient (Wildman–Crippen LogP) is 5.92. The Morgan fingerprint density at radius 2 is 1.76 bits per heavy atom. The summed E-state index contributed by atoms with van der Waals surface area (Å²) < 4.78 is 17.7. The number of carbonyl (C=O) groups is 1. The van der Waals surface area contributed by atoms with Crippen molar-refractivity contribution in [2.75, 3.05) is 6.61 Å². The molecule has 29 heavy (non-hydrogen) atoms. The molecule has 8 heteroatoms. The maximum Gasteiger partial charge on any atom is 0.396 e. The van der Waals surface area contributed by atoms with E-state index in [-0.39, 0.29) is 6.61 Å². The summed E-state index contributed by atoms with van der Waals surface area (Å²) in [5.74, 6) is 0.248. The zero-order valence-corrected chi connectivity index (χ0v) is 17.8. The Morgan fingerprint density at radius 3 is 2.48 bits per heavy atom.